The highest BCUT2D eigenvalue weighted by molar-refractivity contribution is 6.12. The molecule has 0 unspecified atom stereocenters. The van der Waals surface area contributed by atoms with Crippen LogP contribution in [0.25, 0.3) is 0 Å². The molecule has 2 atom stereocenters. The summed E-state index contributed by atoms with van der Waals surface area (Å²) in [6.45, 7) is 9.96. The number of carbonyl (C=O) groups excluding carboxylic acids is 7. The van der Waals surface area contributed by atoms with E-state index in [9.17, 15) is 33.6 Å². The third-order valence-electron chi connectivity index (χ3n) is 7.35. The van der Waals surface area contributed by atoms with Gasteiger partial charge in [-0.1, -0.05) is 53.2 Å². The van der Waals surface area contributed by atoms with Crippen molar-refractivity contribution < 1.29 is 38.3 Å². The second-order valence-corrected chi connectivity index (χ2v) is 13.3. The number of urea groups is 1. The van der Waals surface area contributed by atoms with Crippen molar-refractivity contribution >= 4 is 47.2 Å². The van der Waals surface area contributed by atoms with Gasteiger partial charge in [-0.3, -0.25) is 33.7 Å². The minimum atomic E-state index is -0.992. The van der Waals surface area contributed by atoms with E-state index in [1.165, 1.54) is 12.2 Å². The first-order valence-corrected chi connectivity index (χ1v) is 16.3. The average Bonchev–Trinajstić information content (AvgIpc) is 3.31. The number of nitrogens with zero attached hydrogens (tertiary/aromatic N) is 1. The Balaban J connectivity index is 1.94. The molecule has 0 radical (unpaired) electrons. The van der Waals surface area contributed by atoms with Crippen molar-refractivity contribution in [3.05, 3.63) is 42.0 Å². The summed E-state index contributed by atoms with van der Waals surface area (Å²) in [6.07, 6.45) is 5.06. The van der Waals surface area contributed by atoms with Crippen LogP contribution in [-0.4, -0.2) is 71.6 Å². The number of carbonyl (C=O) groups is 7. The molecule has 14 nitrogen and oxygen atoms in total. The summed E-state index contributed by atoms with van der Waals surface area (Å²) < 4.78 is 5.34. The summed E-state index contributed by atoms with van der Waals surface area (Å²) in [5, 5.41) is 10.7. The zero-order valence-corrected chi connectivity index (χ0v) is 28.6. The number of amides is 7. The van der Waals surface area contributed by atoms with E-state index in [0.717, 1.165) is 10.5 Å². The van der Waals surface area contributed by atoms with Gasteiger partial charge >= 0.3 is 12.0 Å². The van der Waals surface area contributed by atoms with Gasteiger partial charge in [0, 0.05) is 37.3 Å². The van der Waals surface area contributed by atoms with Crippen LogP contribution >= 0.6 is 0 Å². The summed E-state index contributed by atoms with van der Waals surface area (Å²) in [7, 11) is 0. The molecule has 14 heteroatoms. The molecule has 0 aliphatic carbocycles. The number of nitrogens with one attached hydrogen (secondary N) is 4. The zero-order chi connectivity index (χ0) is 35.9. The van der Waals surface area contributed by atoms with E-state index in [0.29, 0.717) is 31.4 Å². The smallest absolute Gasteiger partial charge is 0.312 e. The van der Waals surface area contributed by atoms with Crippen LogP contribution in [0.15, 0.2) is 36.4 Å². The minimum Gasteiger partial charge on any atom is -0.461 e. The number of rotatable bonds is 19. The largest absolute Gasteiger partial charge is 0.461 e. The van der Waals surface area contributed by atoms with Crippen LogP contribution < -0.4 is 27.0 Å². The summed E-state index contributed by atoms with van der Waals surface area (Å²) in [5.74, 6) is -2.65. The number of unbranched alkanes of at least 4 members (excludes halogenated alkanes) is 2. The van der Waals surface area contributed by atoms with Gasteiger partial charge in [-0.05, 0) is 54.7 Å². The summed E-state index contributed by atoms with van der Waals surface area (Å²) in [6, 6.07) is 4.15. The number of hydrogen-bond donors (Lipinski definition) is 5. The molecule has 0 bridgehead atoms. The minimum absolute atomic E-state index is 0.0926. The van der Waals surface area contributed by atoms with Gasteiger partial charge in [0.25, 0.3) is 11.8 Å². The SMILES string of the molecule is CC(C)[C@H](NC(=O)CCCCCN1C(=O)C=CC1=O)C(=O)N[C@@H](CCCNC(N)=O)C(=O)Nc1ccc(COC(=O)CC(C)(C)C)cc1. The lowest BCUT2D eigenvalue weighted by Crippen LogP contribution is -2.54. The van der Waals surface area contributed by atoms with Crippen molar-refractivity contribution in [2.24, 2.45) is 17.1 Å². The number of anilines is 1. The first kappa shape index (κ1) is 39.4. The Bertz CT molecular complexity index is 1320. The van der Waals surface area contributed by atoms with E-state index in [1.807, 2.05) is 20.8 Å². The molecule has 0 saturated heterocycles. The van der Waals surface area contributed by atoms with Gasteiger partial charge in [0.15, 0.2) is 0 Å². The van der Waals surface area contributed by atoms with Crippen molar-refractivity contribution in [3.8, 4) is 0 Å². The van der Waals surface area contributed by atoms with Gasteiger partial charge in [0.2, 0.25) is 17.7 Å². The third kappa shape index (κ3) is 14.8. The first-order chi connectivity index (χ1) is 22.6. The Morgan fingerprint density at radius 3 is 2.10 bits per heavy atom. The molecule has 7 amide bonds. The van der Waals surface area contributed by atoms with Crippen LogP contribution in [0.1, 0.15) is 85.1 Å². The molecule has 0 saturated carbocycles. The Morgan fingerprint density at radius 2 is 1.52 bits per heavy atom. The highest BCUT2D eigenvalue weighted by Crippen LogP contribution is 2.20. The Morgan fingerprint density at radius 1 is 0.875 bits per heavy atom. The molecular weight excluding hydrogens is 620 g/mol. The third-order valence-corrected chi connectivity index (χ3v) is 7.35. The van der Waals surface area contributed by atoms with Crippen LogP contribution in [0.5, 0.6) is 0 Å². The van der Waals surface area contributed by atoms with Gasteiger partial charge < -0.3 is 31.7 Å². The lowest BCUT2D eigenvalue weighted by molar-refractivity contribution is -0.147. The lowest BCUT2D eigenvalue weighted by Gasteiger charge is -2.25. The molecule has 0 spiro atoms. The molecule has 1 heterocycles. The van der Waals surface area contributed by atoms with Crippen molar-refractivity contribution in [3.63, 3.8) is 0 Å². The van der Waals surface area contributed by atoms with Crippen LogP contribution in [-0.2, 0) is 40.1 Å². The molecule has 0 fully saturated rings. The quantitative estimate of drug-likeness (QED) is 0.0838. The fourth-order valence-corrected chi connectivity index (χ4v) is 4.77. The van der Waals surface area contributed by atoms with Crippen molar-refractivity contribution in [2.75, 3.05) is 18.4 Å². The lowest BCUT2D eigenvalue weighted by atomic mass is 9.92. The molecule has 1 aliphatic rings. The maximum atomic E-state index is 13.4. The number of primary amides is 1. The van der Waals surface area contributed by atoms with E-state index < -0.39 is 29.9 Å². The number of ether oxygens (including phenoxy) is 1. The van der Waals surface area contributed by atoms with Gasteiger partial charge in [0.05, 0.1) is 6.42 Å². The summed E-state index contributed by atoms with van der Waals surface area (Å²) in [4.78, 5) is 87.0. The molecule has 2 rings (SSSR count). The van der Waals surface area contributed by atoms with Crippen LogP contribution in [0.2, 0.25) is 0 Å². The highest BCUT2D eigenvalue weighted by atomic mass is 16.5. The number of nitrogens with two attached hydrogens (primary N) is 1. The van der Waals surface area contributed by atoms with E-state index in [-0.39, 0.29) is 74.0 Å². The van der Waals surface area contributed by atoms with E-state index >= 15 is 0 Å². The van der Waals surface area contributed by atoms with Crippen molar-refractivity contribution in [2.45, 2.75) is 98.3 Å². The number of hydrogen-bond acceptors (Lipinski definition) is 8. The molecular formula is C34H50N6O8. The van der Waals surface area contributed by atoms with Crippen LogP contribution in [0, 0.1) is 11.3 Å². The molecule has 1 aromatic carbocycles. The maximum absolute atomic E-state index is 13.4. The van der Waals surface area contributed by atoms with Crippen molar-refractivity contribution in [1.82, 2.24) is 20.9 Å². The second kappa shape index (κ2) is 19.2. The van der Waals surface area contributed by atoms with Gasteiger partial charge in [0.1, 0.15) is 18.7 Å². The fourth-order valence-electron chi connectivity index (χ4n) is 4.77. The monoisotopic (exact) mass is 670 g/mol. The van der Waals surface area contributed by atoms with Crippen molar-refractivity contribution in [1.29, 1.82) is 0 Å². The molecule has 264 valence electrons. The summed E-state index contributed by atoms with van der Waals surface area (Å²) >= 11 is 0. The fraction of sp³-hybridized carbons (Fsp3) is 0.559. The zero-order valence-electron chi connectivity index (χ0n) is 28.6. The topological polar surface area (TPSA) is 206 Å². The standard InChI is InChI=1S/C34H50N6O8/c1-22(2)30(39-26(41)11-7-6-8-19-40-27(42)16-17-28(40)43)32(46)38-25(10-9-18-36-33(35)47)31(45)37-24-14-12-23(13-15-24)21-48-29(44)20-34(3,4)5/h12-17,22,25,30H,6-11,18-21H2,1-5H3,(H,37,45)(H,38,46)(H,39,41)(H3,35,36,47)/t25-,30-/m0/s1. The molecule has 1 aliphatic heterocycles. The first-order valence-electron chi connectivity index (χ1n) is 16.3. The van der Waals surface area contributed by atoms with Gasteiger partial charge in [-0.2, -0.15) is 0 Å². The Labute approximate surface area is 281 Å². The van der Waals surface area contributed by atoms with Gasteiger partial charge in [-0.15, -0.1) is 0 Å². The van der Waals surface area contributed by atoms with Gasteiger partial charge in [-0.25, -0.2) is 4.79 Å². The van der Waals surface area contributed by atoms with E-state index in [4.69, 9.17) is 10.5 Å². The van der Waals surface area contributed by atoms with E-state index in [2.05, 4.69) is 21.3 Å². The van der Waals surface area contributed by atoms with Crippen LogP contribution in [0.3, 0.4) is 0 Å². The second-order valence-electron chi connectivity index (χ2n) is 13.3. The van der Waals surface area contributed by atoms with E-state index in [1.54, 1.807) is 38.1 Å². The molecule has 6 N–H and O–H groups in total. The Kier molecular flexibility index (Phi) is 15.7. The number of benzene rings is 1. The number of esters is 1. The highest BCUT2D eigenvalue weighted by Gasteiger charge is 2.29. The predicted octanol–water partition coefficient (Wildman–Crippen LogP) is 2.66. The average molecular weight is 671 g/mol. The number of imide groups is 1. The molecule has 0 aromatic heterocycles. The van der Waals surface area contributed by atoms with Crippen LogP contribution in [0.4, 0.5) is 10.5 Å². The summed E-state index contributed by atoms with van der Waals surface area (Å²) in [5.41, 5.74) is 6.15. The molecule has 1 aromatic rings. The maximum Gasteiger partial charge on any atom is 0.312 e. The predicted molar refractivity (Wildman–Crippen MR) is 179 cm³/mol. The Hall–Kier alpha value is -4.75. The molecule has 48 heavy (non-hydrogen) atoms. The normalized spacial score (nSPS) is 14.0.